The Morgan fingerprint density at radius 1 is 1.44 bits per heavy atom. The van der Waals surface area contributed by atoms with Crippen molar-refractivity contribution in [3.05, 3.63) is 46.0 Å². The Morgan fingerprint density at radius 3 is 2.62 bits per heavy atom. The first-order valence-corrected chi connectivity index (χ1v) is 4.35. The summed E-state index contributed by atoms with van der Waals surface area (Å²) in [5, 5.41) is 28.0. The third-order valence-corrected chi connectivity index (χ3v) is 1.84. The van der Waals surface area contributed by atoms with Crippen LogP contribution in [0.25, 0.3) is 6.08 Å². The Balaban J connectivity index is 2.97. The summed E-state index contributed by atoms with van der Waals surface area (Å²) in [5.74, 6) is -1.41. The zero-order valence-corrected chi connectivity index (χ0v) is 8.11. The first-order valence-electron chi connectivity index (χ1n) is 4.35. The first kappa shape index (κ1) is 11.9. The van der Waals surface area contributed by atoms with Crippen LogP contribution < -0.4 is 0 Å². The van der Waals surface area contributed by atoms with Crippen LogP contribution in [0.2, 0.25) is 0 Å². The van der Waals surface area contributed by atoms with Gasteiger partial charge in [0.1, 0.15) is 0 Å². The second kappa shape index (κ2) is 5.04. The van der Waals surface area contributed by atoms with E-state index in [9.17, 15) is 14.9 Å². The molecule has 0 unspecified atom stereocenters. The Morgan fingerprint density at radius 2 is 2.06 bits per heavy atom. The summed E-state index contributed by atoms with van der Waals surface area (Å²) in [6, 6.07) is 5.85. The van der Waals surface area contributed by atoms with E-state index in [1.54, 1.807) is 6.07 Å². The normalized spacial score (nSPS) is 12.6. The van der Waals surface area contributed by atoms with Gasteiger partial charge in [0.25, 0.3) is 5.69 Å². The minimum absolute atomic E-state index is 0.142. The number of carboxylic acids is 1. The topological polar surface area (TPSA) is 101 Å². The molecule has 6 heteroatoms. The molecule has 0 saturated heterocycles. The highest BCUT2D eigenvalue weighted by Crippen LogP contribution is 2.19. The number of hydrogen-bond donors (Lipinski definition) is 2. The Bertz CT molecular complexity index is 441. The maximum Gasteiger partial charge on any atom is 0.336 e. The molecule has 0 bridgehead atoms. The van der Waals surface area contributed by atoms with E-state index in [2.05, 4.69) is 0 Å². The molecule has 1 aromatic rings. The van der Waals surface area contributed by atoms with Gasteiger partial charge in [0.05, 0.1) is 10.5 Å². The van der Waals surface area contributed by atoms with Crippen molar-refractivity contribution in [2.75, 3.05) is 0 Å². The number of rotatable bonds is 4. The van der Waals surface area contributed by atoms with E-state index in [0.717, 1.165) is 6.08 Å². The van der Waals surface area contributed by atoms with Crippen LogP contribution >= 0.6 is 0 Å². The Labute approximate surface area is 90.6 Å². The zero-order chi connectivity index (χ0) is 12.1. The minimum Gasteiger partial charge on any atom is -0.479 e. The van der Waals surface area contributed by atoms with Gasteiger partial charge in [0.15, 0.2) is 6.10 Å². The number of para-hydroxylation sites is 1. The molecule has 0 saturated carbocycles. The second-order valence-electron chi connectivity index (χ2n) is 2.96. The third kappa shape index (κ3) is 2.89. The molecule has 0 heterocycles. The van der Waals surface area contributed by atoms with Crippen LogP contribution in [-0.2, 0) is 4.79 Å². The summed E-state index contributed by atoms with van der Waals surface area (Å²) in [6.07, 6.45) is 0.515. The summed E-state index contributed by atoms with van der Waals surface area (Å²) in [7, 11) is 0. The van der Waals surface area contributed by atoms with Gasteiger partial charge in [-0.15, -0.1) is 0 Å². The molecule has 0 fully saturated rings. The maximum absolute atomic E-state index is 10.6. The number of carbonyl (C=O) groups is 1. The fourth-order valence-corrected chi connectivity index (χ4v) is 1.07. The summed E-state index contributed by atoms with van der Waals surface area (Å²) >= 11 is 0. The number of nitrogens with zero attached hydrogens (tertiary/aromatic N) is 1. The second-order valence-corrected chi connectivity index (χ2v) is 2.96. The predicted molar refractivity (Wildman–Crippen MR) is 55.8 cm³/mol. The van der Waals surface area contributed by atoms with Gasteiger partial charge >= 0.3 is 5.97 Å². The van der Waals surface area contributed by atoms with E-state index in [1.807, 2.05) is 0 Å². The lowest BCUT2D eigenvalue weighted by Crippen LogP contribution is -2.15. The first-order chi connectivity index (χ1) is 7.52. The molecule has 2 N–H and O–H groups in total. The summed E-state index contributed by atoms with van der Waals surface area (Å²) < 4.78 is 0. The highest BCUT2D eigenvalue weighted by molar-refractivity contribution is 5.76. The Kier molecular flexibility index (Phi) is 3.73. The molecule has 0 aliphatic carbocycles. The van der Waals surface area contributed by atoms with Gasteiger partial charge in [-0.1, -0.05) is 12.1 Å². The molecule has 0 aliphatic rings. The Hall–Kier alpha value is -2.21. The molecule has 16 heavy (non-hydrogen) atoms. The molecule has 1 atom stereocenters. The van der Waals surface area contributed by atoms with Crippen molar-refractivity contribution in [3.8, 4) is 0 Å². The largest absolute Gasteiger partial charge is 0.479 e. The summed E-state index contributed by atoms with van der Waals surface area (Å²) in [4.78, 5) is 20.3. The molecule has 6 nitrogen and oxygen atoms in total. The number of benzene rings is 1. The number of nitro benzene ring substituents is 1. The van der Waals surface area contributed by atoms with Crippen molar-refractivity contribution in [2.24, 2.45) is 0 Å². The quantitative estimate of drug-likeness (QED) is 0.587. The van der Waals surface area contributed by atoms with Gasteiger partial charge in [0, 0.05) is 6.07 Å². The standard InChI is InChI=1S/C10H9NO5/c12-9(10(13)14)6-5-7-3-1-2-4-8(7)11(15)16/h1-6,9,12H,(H,13,14)/b6-5+/t9-/m0/s1. The van der Waals surface area contributed by atoms with Crippen molar-refractivity contribution >= 4 is 17.7 Å². The molecular formula is C10H9NO5. The van der Waals surface area contributed by atoms with Gasteiger partial charge in [-0.2, -0.15) is 0 Å². The highest BCUT2D eigenvalue weighted by atomic mass is 16.6. The number of carboxylic acid groups (broad SMARTS) is 1. The highest BCUT2D eigenvalue weighted by Gasteiger charge is 2.12. The fourth-order valence-electron chi connectivity index (χ4n) is 1.07. The van der Waals surface area contributed by atoms with Gasteiger partial charge in [-0.3, -0.25) is 10.1 Å². The van der Waals surface area contributed by atoms with E-state index >= 15 is 0 Å². The lowest BCUT2D eigenvalue weighted by Gasteiger charge is -1.98. The smallest absolute Gasteiger partial charge is 0.336 e. The zero-order valence-electron chi connectivity index (χ0n) is 8.11. The molecule has 1 aromatic carbocycles. The molecule has 0 spiro atoms. The molecule has 84 valence electrons. The van der Waals surface area contributed by atoms with E-state index in [1.165, 1.54) is 24.3 Å². The van der Waals surface area contributed by atoms with Crippen LogP contribution in [0, 0.1) is 10.1 Å². The van der Waals surface area contributed by atoms with E-state index in [0.29, 0.717) is 0 Å². The maximum atomic E-state index is 10.6. The van der Waals surface area contributed by atoms with Crippen molar-refractivity contribution in [1.29, 1.82) is 0 Å². The van der Waals surface area contributed by atoms with Gasteiger partial charge in [-0.05, 0) is 18.2 Å². The van der Waals surface area contributed by atoms with E-state index < -0.39 is 17.0 Å². The monoisotopic (exact) mass is 223 g/mol. The van der Waals surface area contributed by atoms with Crippen LogP contribution in [0.4, 0.5) is 5.69 Å². The number of aliphatic hydroxyl groups is 1. The molecular weight excluding hydrogens is 214 g/mol. The fraction of sp³-hybridized carbons (Fsp3) is 0.100. The molecule has 0 radical (unpaired) electrons. The summed E-state index contributed by atoms with van der Waals surface area (Å²) in [5.41, 5.74) is 0.101. The van der Waals surface area contributed by atoms with Crippen molar-refractivity contribution in [2.45, 2.75) is 6.10 Å². The number of nitro groups is 1. The molecule has 0 amide bonds. The van der Waals surface area contributed by atoms with E-state index in [-0.39, 0.29) is 11.3 Å². The molecule has 0 aliphatic heterocycles. The number of hydrogen-bond acceptors (Lipinski definition) is 4. The minimum atomic E-state index is -1.67. The van der Waals surface area contributed by atoms with Crippen LogP contribution in [0.5, 0.6) is 0 Å². The molecule has 0 aromatic heterocycles. The van der Waals surface area contributed by atoms with Crippen LogP contribution in [-0.4, -0.2) is 27.2 Å². The van der Waals surface area contributed by atoms with E-state index in [4.69, 9.17) is 10.2 Å². The lowest BCUT2D eigenvalue weighted by molar-refractivity contribution is -0.385. The van der Waals surface area contributed by atoms with Crippen LogP contribution in [0.1, 0.15) is 5.56 Å². The van der Waals surface area contributed by atoms with Gasteiger partial charge < -0.3 is 10.2 Å². The summed E-state index contributed by atoms with van der Waals surface area (Å²) in [6.45, 7) is 0. The van der Waals surface area contributed by atoms with Crippen LogP contribution in [0.3, 0.4) is 0 Å². The average Bonchev–Trinajstić information content (AvgIpc) is 2.25. The van der Waals surface area contributed by atoms with Crippen molar-refractivity contribution in [3.63, 3.8) is 0 Å². The van der Waals surface area contributed by atoms with Gasteiger partial charge in [0.2, 0.25) is 0 Å². The van der Waals surface area contributed by atoms with Crippen molar-refractivity contribution in [1.82, 2.24) is 0 Å². The SMILES string of the molecule is O=C(O)[C@@H](O)/C=C/c1ccccc1[N+](=O)[O-]. The van der Waals surface area contributed by atoms with Crippen molar-refractivity contribution < 1.29 is 19.9 Å². The van der Waals surface area contributed by atoms with Gasteiger partial charge in [-0.25, -0.2) is 4.79 Å². The number of aliphatic hydroxyl groups excluding tert-OH is 1. The molecule has 1 rings (SSSR count). The number of aliphatic carboxylic acids is 1. The lowest BCUT2D eigenvalue weighted by atomic mass is 10.1. The predicted octanol–water partition coefficient (Wildman–Crippen LogP) is 1.05. The average molecular weight is 223 g/mol. The third-order valence-electron chi connectivity index (χ3n) is 1.84. The van der Waals surface area contributed by atoms with Crippen LogP contribution in [0.15, 0.2) is 30.3 Å².